The molecule has 86 valence electrons. The normalized spacial score (nSPS) is 17.3. The van der Waals surface area contributed by atoms with Gasteiger partial charge in [0.05, 0.1) is 5.69 Å². The molecule has 2 N–H and O–H groups in total. The lowest BCUT2D eigenvalue weighted by molar-refractivity contribution is -0.118. The van der Waals surface area contributed by atoms with Gasteiger partial charge in [-0.2, -0.15) is 0 Å². The van der Waals surface area contributed by atoms with E-state index in [0.29, 0.717) is 18.7 Å². The summed E-state index contributed by atoms with van der Waals surface area (Å²) in [7, 11) is 0. The SMILES string of the molecule is Nc1ccc(N2CCCCCC2=O)cc1F. The van der Waals surface area contributed by atoms with Crippen molar-refractivity contribution in [3.05, 3.63) is 24.0 Å². The predicted molar refractivity (Wildman–Crippen MR) is 61.6 cm³/mol. The molecule has 0 atom stereocenters. The van der Waals surface area contributed by atoms with Gasteiger partial charge in [0.25, 0.3) is 0 Å². The third-order valence-corrected chi connectivity index (χ3v) is 2.87. The number of hydrogen-bond acceptors (Lipinski definition) is 2. The standard InChI is InChI=1S/C12H15FN2O/c13-10-8-9(5-6-11(10)14)15-7-3-1-2-4-12(15)16/h5-6,8H,1-4,7,14H2. The van der Waals surface area contributed by atoms with E-state index in [-0.39, 0.29) is 11.6 Å². The zero-order valence-electron chi connectivity index (χ0n) is 9.08. The number of hydrogen-bond donors (Lipinski definition) is 1. The van der Waals surface area contributed by atoms with Gasteiger partial charge < -0.3 is 10.6 Å². The van der Waals surface area contributed by atoms with Crippen molar-refractivity contribution in [2.75, 3.05) is 17.2 Å². The average Bonchev–Trinajstić information content (AvgIpc) is 2.47. The van der Waals surface area contributed by atoms with E-state index in [1.54, 1.807) is 11.0 Å². The minimum absolute atomic E-state index is 0.0710. The summed E-state index contributed by atoms with van der Waals surface area (Å²) in [5.74, 6) is -0.392. The fourth-order valence-electron chi connectivity index (χ4n) is 1.94. The Balaban J connectivity index is 2.27. The van der Waals surface area contributed by atoms with E-state index < -0.39 is 5.82 Å². The number of carbonyl (C=O) groups is 1. The fourth-order valence-corrected chi connectivity index (χ4v) is 1.94. The van der Waals surface area contributed by atoms with E-state index in [2.05, 4.69) is 0 Å². The summed E-state index contributed by atoms with van der Waals surface area (Å²) >= 11 is 0. The first-order chi connectivity index (χ1) is 7.68. The molecule has 0 saturated carbocycles. The van der Waals surface area contributed by atoms with E-state index in [4.69, 9.17) is 5.73 Å². The van der Waals surface area contributed by atoms with Crippen LogP contribution >= 0.6 is 0 Å². The molecule has 1 aliphatic heterocycles. The van der Waals surface area contributed by atoms with E-state index >= 15 is 0 Å². The minimum Gasteiger partial charge on any atom is -0.396 e. The van der Waals surface area contributed by atoms with Gasteiger partial charge in [0.15, 0.2) is 0 Å². The molecule has 1 heterocycles. The monoisotopic (exact) mass is 222 g/mol. The van der Waals surface area contributed by atoms with E-state index in [9.17, 15) is 9.18 Å². The Morgan fingerprint density at radius 1 is 1.25 bits per heavy atom. The lowest BCUT2D eigenvalue weighted by Crippen LogP contribution is -2.30. The van der Waals surface area contributed by atoms with Gasteiger partial charge in [-0.3, -0.25) is 4.79 Å². The first kappa shape index (κ1) is 10.9. The summed E-state index contributed by atoms with van der Waals surface area (Å²) in [6.45, 7) is 0.669. The molecule has 16 heavy (non-hydrogen) atoms. The van der Waals surface area contributed by atoms with Crippen LogP contribution in [0.3, 0.4) is 0 Å². The topological polar surface area (TPSA) is 46.3 Å². The molecule has 0 unspecified atom stereocenters. The molecule has 4 heteroatoms. The van der Waals surface area contributed by atoms with Crippen molar-refractivity contribution in [2.24, 2.45) is 0 Å². The maximum Gasteiger partial charge on any atom is 0.226 e. The van der Waals surface area contributed by atoms with Gasteiger partial charge in [-0.25, -0.2) is 4.39 Å². The van der Waals surface area contributed by atoms with Crippen molar-refractivity contribution in [1.29, 1.82) is 0 Å². The van der Waals surface area contributed by atoms with Gasteiger partial charge in [-0.1, -0.05) is 6.42 Å². The van der Waals surface area contributed by atoms with Gasteiger partial charge in [0, 0.05) is 18.7 Å². The number of benzene rings is 1. The van der Waals surface area contributed by atoms with Gasteiger partial charge >= 0.3 is 0 Å². The third-order valence-electron chi connectivity index (χ3n) is 2.87. The van der Waals surface area contributed by atoms with Crippen molar-refractivity contribution < 1.29 is 9.18 Å². The van der Waals surface area contributed by atoms with Crippen LogP contribution in [0, 0.1) is 5.82 Å². The number of nitrogen functional groups attached to an aromatic ring is 1. The maximum atomic E-state index is 13.3. The number of carbonyl (C=O) groups excluding carboxylic acids is 1. The highest BCUT2D eigenvalue weighted by Crippen LogP contribution is 2.23. The second-order valence-corrected chi connectivity index (χ2v) is 4.06. The van der Waals surface area contributed by atoms with Crippen molar-refractivity contribution in [3.63, 3.8) is 0 Å². The van der Waals surface area contributed by atoms with Gasteiger partial charge in [-0.15, -0.1) is 0 Å². The number of amides is 1. The summed E-state index contributed by atoms with van der Waals surface area (Å²) in [5.41, 5.74) is 6.13. The molecular weight excluding hydrogens is 207 g/mol. The largest absolute Gasteiger partial charge is 0.396 e. The maximum absolute atomic E-state index is 13.3. The van der Waals surface area contributed by atoms with Crippen molar-refractivity contribution in [1.82, 2.24) is 0 Å². The Labute approximate surface area is 94.0 Å². The molecule has 0 aliphatic carbocycles. The van der Waals surface area contributed by atoms with Gasteiger partial charge in [-0.05, 0) is 31.0 Å². The van der Waals surface area contributed by atoms with Crippen LogP contribution in [0.5, 0.6) is 0 Å². The van der Waals surface area contributed by atoms with Gasteiger partial charge in [0.2, 0.25) is 5.91 Å². The molecule has 0 spiro atoms. The first-order valence-corrected chi connectivity index (χ1v) is 5.54. The molecule has 1 saturated heterocycles. The van der Waals surface area contributed by atoms with Crippen LogP contribution in [0.15, 0.2) is 18.2 Å². The second kappa shape index (κ2) is 4.51. The summed E-state index contributed by atoms with van der Waals surface area (Å²) in [5, 5.41) is 0. The minimum atomic E-state index is -0.463. The van der Waals surface area contributed by atoms with Crippen LogP contribution in [0.25, 0.3) is 0 Å². The second-order valence-electron chi connectivity index (χ2n) is 4.06. The quantitative estimate of drug-likeness (QED) is 0.741. The average molecular weight is 222 g/mol. The Hall–Kier alpha value is -1.58. The molecule has 1 aliphatic rings. The fraction of sp³-hybridized carbons (Fsp3) is 0.417. The van der Waals surface area contributed by atoms with Crippen LogP contribution in [0.2, 0.25) is 0 Å². The van der Waals surface area contributed by atoms with Crippen molar-refractivity contribution in [3.8, 4) is 0 Å². The number of nitrogens with two attached hydrogens (primary N) is 1. The molecule has 1 aromatic carbocycles. The predicted octanol–water partition coefficient (Wildman–Crippen LogP) is 2.31. The van der Waals surface area contributed by atoms with E-state index in [0.717, 1.165) is 19.3 Å². The zero-order valence-corrected chi connectivity index (χ0v) is 9.08. The number of halogens is 1. The summed E-state index contributed by atoms with van der Waals surface area (Å²) < 4.78 is 13.3. The molecule has 1 amide bonds. The van der Waals surface area contributed by atoms with Crippen LogP contribution in [-0.4, -0.2) is 12.5 Å². The molecule has 1 fully saturated rings. The summed E-state index contributed by atoms with van der Waals surface area (Å²) in [6, 6.07) is 4.53. The molecule has 3 nitrogen and oxygen atoms in total. The molecule has 0 bridgehead atoms. The molecule has 2 rings (SSSR count). The number of nitrogens with zero attached hydrogens (tertiary/aromatic N) is 1. The molecule has 1 aromatic rings. The first-order valence-electron chi connectivity index (χ1n) is 5.54. The van der Waals surface area contributed by atoms with Crippen molar-refractivity contribution >= 4 is 17.3 Å². The Kier molecular flexibility index (Phi) is 3.08. The van der Waals surface area contributed by atoms with Crippen LogP contribution in [0.4, 0.5) is 15.8 Å². The summed E-state index contributed by atoms with van der Waals surface area (Å²) in [4.78, 5) is 13.4. The van der Waals surface area contributed by atoms with E-state index in [1.807, 2.05) is 0 Å². The molecule has 0 radical (unpaired) electrons. The Morgan fingerprint density at radius 3 is 2.81 bits per heavy atom. The lowest BCUT2D eigenvalue weighted by atomic mass is 10.2. The highest BCUT2D eigenvalue weighted by Gasteiger charge is 2.18. The summed E-state index contributed by atoms with van der Waals surface area (Å²) in [6.07, 6.45) is 3.50. The number of rotatable bonds is 1. The Bertz CT molecular complexity index is 406. The lowest BCUT2D eigenvalue weighted by Gasteiger charge is -2.20. The zero-order chi connectivity index (χ0) is 11.5. The Morgan fingerprint density at radius 2 is 2.06 bits per heavy atom. The third kappa shape index (κ3) is 2.15. The van der Waals surface area contributed by atoms with Crippen molar-refractivity contribution in [2.45, 2.75) is 25.7 Å². The van der Waals surface area contributed by atoms with Crippen LogP contribution in [-0.2, 0) is 4.79 Å². The highest BCUT2D eigenvalue weighted by molar-refractivity contribution is 5.93. The van der Waals surface area contributed by atoms with Gasteiger partial charge in [0.1, 0.15) is 5.82 Å². The van der Waals surface area contributed by atoms with Crippen LogP contribution in [0.1, 0.15) is 25.7 Å². The highest BCUT2D eigenvalue weighted by atomic mass is 19.1. The van der Waals surface area contributed by atoms with E-state index in [1.165, 1.54) is 12.1 Å². The molecule has 0 aromatic heterocycles. The smallest absolute Gasteiger partial charge is 0.226 e. The van der Waals surface area contributed by atoms with Crippen LogP contribution < -0.4 is 10.6 Å². The molecular formula is C12H15FN2O. The number of anilines is 2.